The molecule has 0 radical (unpaired) electrons. The molecule has 0 spiro atoms. The van der Waals surface area contributed by atoms with Crippen molar-refractivity contribution in [3.63, 3.8) is 0 Å². The lowest BCUT2D eigenvalue weighted by molar-refractivity contribution is 0.228. The normalized spacial score (nSPS) is 14.8. The molecule has 158 valence electrons. The van der Waals surface area contributed by atoms with Crippen molar-refractivity contribution < 1.29 is 12.6 Å². The van der Waals surface area contributed by atoms with E-state index in [9.17, 15) is 8.42 Å². The molecular weight excluding hydrogens is 396 g/mol. The Morgan fingerprint density at radius 1 is 0.800 bits per heavy atom. The first-order chi connectivity index (χ1) is 14.3. The molecule has 0 unspecified atom stereocenters. The molecule has 0 aliphatic carbocycles. The van der Waals surface area contributed by atoms with Crippen LogP contribution in [0.1, 0.15) is 61.5 Å². The van der Waals surface area contributed by atoms with E-state index in [1.165, 1.54) is 5.56 Å². The summed E-state index contributed by atoms with van der Waals surface area (Å²) in [6.45, 7) is 7.75. The predicted octanol–water partition coefficient (Wildman–Crippen LogP) is 5.27. The molecule has 3 atom stereocenters. The first-order valence-corrected chi connectivity index (χ1v) is 11.4. The molecule has 0 saturated carbocycles. The number of benzene rings is 2. The maximum Gasteiger partial charge on any atom is 0.297 e. The zero-order valence-corrected chi connectivity index (χ0v) is 18.6. The van der Waals surface area contributed by atoms with Gasteiger partial charge in [-0.2, -0.15) is 8.42 Å². The van der Waals surface area contributed by atoms with Gasteiger partial charge in [-0.3, -0.25) is 9.17 Å². The molecule has 0 bridgehead atoms. The van der Waals surface area contributed by atoms with Gasteiger partial charge in [-0.1, -0.05) is 54.1 Å². The lowest BCUT2D eigenvalue weighted by atomic mass is 10.1. The molecule has 1 heterocycles. The Bertz CT molecular complexity index is 1070. The van der Waals surface area contributed by atoms with E-state index < -0.39 is 16.2 Å². The molecule has 3 aromatic rings. The zero-order valence-electron chi connectivity index (χ0n) is 17.7. The SMILES string of the molecule is Cc1ccc(S(=O)(=O)O[C@H](C)c2cccc([C@H](C)N[C@H](C)c3ccccc3)n2)cc1. The molecule has 0 amide bonds. The van der Waals surface area contributed by atoms with Gasteiger partial charge in [-0.05, 0) is 57.5 Å². The van der Waals surface area contributed by atoms with E-state index >= 15 is 0 Å². The van der Waals surface area contributed by atoms with Crippen LogP contribution in [0.2, 0.25) is 0 Å². The largest absolute Gasteiger partial charge is 0.302 e. The molecule has 1 aromatic heterocycles. The van der Waals surface area contributed by atoms with Crippen LogP contribution in [0, 0.1) is 6.92 Å². The van der Waals surface area contributed by atoms with Crippen LogP contribution in [0.15, 0.2) is 77.7 Å². The van der Waals surface area contributed by atoms with Crippen molar-refractivity contribution in [3.05, 3.63) is 95.3 Å². The summed E-state index contributed by atoms with van der Waals surface area (Å²) in [4.78, 5) is 4.80. The van der Waals surface area contributed by atoms with E-state index in [0.717, 1.165) is 11.3 Å². The average Bonchev–Trinajstić information content (AvgIpc) is 2.74. The highest BCUT2D eigenvalue weighted by molar-refractivity contribution is 7.86. The van der Waals surface area contributed by atoms with Gasteiger partial charge in [0.25, 0.3) is 10.1 Å². The Balaban J connectivity index is 1.71. The third-order valence-electron chi connectivity index (χ3n) is 5.03. The molecule has 0 aliphatic heterocycles. The molecular formula is C24H28N2O3S. The third kappa shape index (κ3) is 5.53. The summed E-state index contributed by atoms with van der Waals surface area (Å²) in [5.74, 6) is 0. The average molecular weight is 425 g/mol. The molecule has 6 heteroatoms. The van der Waals surface area contributed by atoms with Gasteiger partial charge in [0.1, 0.15) is 6.10 Å². The molecule has 30 heavy (non-hydrogen) atoms. The minimum absolute atomic E-state index is 0.0129. The highest BCUT2D eigenvalue weighted by Crippen LogP contribution is 2.24. The Hall–Kier alpha value is -2.54. The molecule has 0 aliphatic rings. The van der Waals surface area contributed by atoms with Crippen LogP contribution in [0.25, 0.3) is 0 Å². The van der Waals surface area contributed by atoms with Crippen molar-refractivity contribution in [1.29, 1.82) is 0 Å². The Morgan fingerprint density at radius 2 is 1.43 bits per heavy atom. The van der Waals surface area contributed by atoms with E-state index in [4.69, 9.17) is 4.18 Å². The molecule has 5 nitrogen and oxygen atoms in total. The van der Waals surface area contributed by atoms with Crippen LogP contribution >= 0.6 is 0 Å². The Kier molecular flexibility index (Phi) is 7.02. The molecule has 2 aromatic carbocycles. The summed E-state index contributed by atoms with van der Waals surface area (Å²) in [7, 11) is -3.87. The fourth-order valence-electron chi connectivity index (χ4n) is 3.23. The highest BCUT2D eigenvalue weighted by atomic mass is 32.2. The predicted molar refractivity (Wildman–Crippen MR) is 119 cm³/mol. The second-order valence-corrected chi connectivity index (χ2v) is 9.09. The molecule has 0 fully saturated rings. The van der Waals surface area contributed by atoms with Gasteiger partial charge < -0.3 is 5.32 Å². The Morgan fingerprint density at radius 3 is 2.10 bits per heavy atom. The number of pyridine rings is 1. The number of nitrogens with zero attached hydrogens (tertiary/aromatic N) is 1. The lowest BCUT2D eigenvalue weighted by Crippen LogP contribution is -2.23. The van der Waals surface area contributed by atoms with E-state index in [1.54, 1.807) is 37.3 Å². The Labute approximate surface area is 179 Å². The van der Waals surface area contributed by atoms with Crippen molar-refractivity contribution in [2.24, 2.45) is 0 Å². The highest BCUT2D eigenvalue weighted by Gasteiger charge is 2.22. The maximum absolute atomic E-state index is 12.6. The van der Waals surface area contributed by atoms with Gasteiger partial charge in [-0.15, -0.1) is 0 Å². The van der Waals surface area contributed by atoms with Crippen LogP contribution in [-0.4, -0.2) is 13.4 Å². The van der Waals surface area contributed by atoms with E-state index in [1.807, 2.05) is 44.2 Å². The topological polar surface area (TPSA) is 68.3 Å². The second kappa shape index (κ2) is 9.51. The maximum atomic E-state index is 12.6. The third-order valence-corrected chi connectivity index (χ3v) is 6.42. The smallest absolute Gasteiger partial charge is 0.297 e. The van der Waals surface area contributed by atoms with Crippen LogP contribution in [0.3, 0.4) is 0 Å². The van der Waals surface area contributed by atoms with Gasteiger partial charge in [0.2, 0.25) is 0 Å². The molecule has 0 saturated heterocycles. The van der Waals surface area contributed by atoms with Crippen LogP contribution < -0.4 is 5.32 Å². The zero-order chi connectivity index (χ0) is 21.7. The van der Waals surface area contributed by atoms with Crippen molar-refractivity contribution in [2.45, 2.75) is 50.8 Å². The monoisotopic (exact) mass is 424 g/mol. The number of hydrogen-bond acceptors (Lipinski definition) is 5. The van der Waals surface area contributed by atoms with E-state index in [-0.39, 0.29) is 17.0 Å². The molecule has 1 N–H and O–H groups in total. The lowest BCUT2D eigenvalue weighted by Gasteiger charge is -2.21. The van der Waals surface area contributed by atoms with Crippen LogP contribution in [-0.2, 0) is 14.3 Å². The number of aromatic nitrogens is 1. The second-order valence-electron chi connectivity index (χ2n) is 7.51. The van der Waals surface area contributed by atoms with Crippen molar-refractivity contribution in [2.75, 3.05) is 0 Å². The van der Waals surface area contributed by atoms with E-state index in [2.05, 4.69) is 29.4 Å². The summed E-state index contributed by atoms with van der Waals surface area (Å²) in [6.07, 6.45) is -0.699. The quantitative estimate of drug-likeness (QED) is 0.499. The summed E-state index contributed by atoms with van der Waals surface area (Å²) >= 11 is 0. The van der Waals surface area contributed by atoms with E-state index in [0.29, 0.717) is 5.69 Å². The summed E-state index contributed by atoms with van der Waals surface area (Å²) in [5.41, 5.74) is 3.59. The number of rotatable bonds is 8. The van der Waals surface area contributed by atoms with Gasteiger partial charge in [0.05, 0.1) is 16.3 Å². The first kappa shape index (κ1) is 22.2. The summed E-state index contributed by atoms with van der Waals surface area (Å²) in [6, 6.07) is 22.5. The van der Waals surface area contributed by atoms with Gasteiger partial charge in [0.15, 0.2) is 0 Å². The van der Waals surface area contributed by atoms with Gasteiger partial charge >= 0.3 is 0 Å². The fourth-order valence-corrected chi connectivity index (χ4v) is 4.29. The summed E-state index contributed by atoms with van der Waals surface area (Å²) in [5, 5.41) is 3.54. The minimum Gasteiger partial charge on any atom is -0.302 e. The number of nitrogens with one attached hydrogen (secondary N) is 1. The number of aryl methyl sites for hydroxylation is 1. The number of hydrogen-bond donors (Lipinski definition) is 1. The van der Waals surface area contributed by atoms with Gasteiger partial charge in [0, 0.05) is 12.1 Å². The minimum atomic E-state index is -3.87. The standard InChI is InChI=1S/C24H28N2O3S/c1-17-13-15-22(16-14-17)30(27,28)29-20(4)24-12-8-11-23(26-24)19(3)25-18(2)21-9-6-5-7-10-21/h5-16,18-20,25H,1-4H3/t18-,19+,20-/m1/s1. The van der Waals surface area contributed by atoms with Crippen molar-refractivity contribution in [1.82, 2.24) is 10.3 Å². The summed E-state index contributed by atoms with van der Waals surface area (Å²) < 4.78 is 30.6. The van der Waals surface area contributed by atoms with Crippen LogP contribution in [0.5, 0.6) is 0 Å². The molecule has 3 rings (SSSR count). The fraction of sp³-hybridized carbons (Fsp3) is 0.292. The first-order valence-electron chi connectivity index (χ1n) is 10.0. The van der Waals surface area contributed by atoms with Crippen molar-refractivity contribution >= 4 is 10.1 Å². The van der Waals surface area contributed by atoms with Crippen LogP contribution in [0.4, 0.5) is 0 Å². The van der Waals surface area contributed by atoms with Gasteiger partial charge in [-0.25, -0.2) is 0 Å². The van der Waals surface area contributed by atoms with Crippen molar-refractivity contribution in [3.8, 4) is 0 Å².